The van der Waals surface area contributed by atoms with Gasteiger partial charge in [0.25, 0.3) is 0 Å². The van der Waals surface area contributed by atoms with Crippen molar-refractivity contribution in [3.05, 3.63) is 59.7 Å². The van der Waals surface area contributed by atoms with Gasteiger partial charge < -0.3 is 38.5 Å². The number of benzene rings is 2. The third-order valence-electron chi connectivity index (χ3n) is 6.20. The van der Waals surface area contributed by atoms with E-state index in [2.05, 4.69) is 0 Å². The van der Waals surface area contributed by atoms with Crippen LogP contribution in [0.2, 0.25) is 0 Å². The van der Waals surface area contributed by atoms with Gasteiger partial charge in [0.1, 0.15) is 0 Å². The van der Waals surface area contributed by atoms with Crippen LogP contribution in [0.1, 0.15) is 11.1 Å². The van der Waals surface area contributed by atoms with Crippen molar-refractivity contribution in [2.45, 2.75) is 37.9 Å². The normalized spacial score (nSPS) is 37.7. The summed E-state index contributed by atoms with van der Waals surface area (Å²) < 4.78 is 29.4. The van der Waals surface area contributed by atoms with E-state index in [-0.39, 0.29) is 65.7 Å². The van der Waals surface area contributed by atoms with Crippen molar-refractivity contribution in [1.29, 1.82) is 0 Å². The maximum absolute atomic E-state index is 11.2. The van der Waals surface area contributed by atoms with E-state index in [1.165, 1.54) is 0 Å². The maximum Gasteiger partial charge on any atom is 1.00 e. The molecule has 2 unspecified atom stereocenters. The second-order valence-corrected chi connectivity index (χ2v) is 8.40. The summed E-state index contributed by atoms with van der Waals surface area (Å²) >= 11 is 0. The number of hydrogen-bond donors (Lipinski definition) is 3. The quantitative estimate of drug-likeness (QED) is 0.389. The van der Waals surface area contributed by atoms with Crippen molar-refractivity contribution in [2.24, 2.45) is 0 Å². The van der Waals surface area contributed by atoms with Crippen LogP contribution in [0.5, 0.6) is 0 Å². The minimum absolute atomic E-state index is 0. The van der Waals surface area contributed by atoms with Crippen molar-refractivity contribution >= 4 is 24.4 Å². The van der Waals surface area contributed by atoms with Crippen molar-refractivity contribution in [2.75, 3.05) is 13.2 Å². The molecule has 0 radical (unpaired) electrons. The van der Waals surface area contributed by atoms with E-state index in [9.17, 15) is 15.2 Å². The van der Waals surface area contributed by atoms with Crippen LogP contribution in [0, 0.1) is 13.8 Å². The van der Waals surface area contributed by atoms with E-state index in [1.54, 1.807) is 24.3 Å². The third-order valence-corrected chi connectivity index (χ3v) is 6.20. The Balaban J connectivity index is 0.00000144. The van der Waals surface area contributed by atoms with Gasteiger partial charge in [-0.05, 0) is 13.8 Å². The third kappa shape index (κ3) is 4.45. The first-order valence-electron chi connectivity index (χ1n) is 10.1. The molecule has 3 saturated heterocycles. The number of fused-ring (bicyclic) bond motifs is 3. The van der Waals surface area contributed by atoms with Gasteiger partial charge in [0.2, 0.25) is 0 Å². The Morgan fingerprint density at radius 1 is 0.844 bits per heavy atom. The fourth-order valence-electron chi connectivity index (χ4n) is 4.48. The zero-order valence-electron chi connectivity index (χ0n) is 18.8. The molecule has 3 fully saturated rings. The van der Waals surface area contributed by atoms with Crippen LogP contribution in [0.25, 0.3) is 0 Å². The van der Waals surface area contributed by atoms with Gasteiger partial charge in [-0.2, -0.15) is 0 Å². The van der Waals surface area contributed by atoms with E-state index in [1.807, 2.05) is 38.1 Å². The van der Waals surface area contributed by atoms with E-state index in [0.29, 0.717) is 10.9 Å². The standard InChI is InChI=1S/C20H24B2O8.2Na/c1-13-3-7-15(8-4-13)21(24)27-17-11-26-20(12-23)19(18(17)28-21)29-22(25,30-20)16-9-5-14(2)6-10-16;;/h3-10,17-19,23-25H,11-12H2,1-2H3;;/q-2;2*+1/t17-,18-,19+,20+,21?,22?;;/m1../s1. The second-order valence-electron chi connectivity index (χ2n) is 8.40. The molecule has 0 saturated carbocycles. The zero-order chi connectivity index (χ0) is 21.1. The van der Waals surface area contributed by atoms with E-state index < -0.39 is 44.2 Å². The van der Waals surface area contributed by atoms with Crippen LogP contribution in [0.3, 0.4) is 0 Å². The SMILES string of the molecule is Cc1ccc([B-]2(O)O[C@@H]3[C@@H](CO[C@@]4(CO)O[B-](O)(c5ccc(C)cc5)O[C@@H]34)O2)cc1.[Na+].[Na+]. The molecule has 0 amide bonds. The Labute approximate surface area is 231 Å². The molecule has 3 aliphatic rings. The Morgan fingerprint density at radius 3 is 1.91 bits per heavy atom. The number of aliphatic hydroxyl groups excluding tert-OH is 1. The molecule has 2 aromatic rings. The monoisotopic (exact) mass is 460 g/mol. The molecule has 3 N–H and O–H groups in total. The van der Waals surface area contributed by atoms with Gasteiger partial charge in [0, 0.05) is 0 Å². The predicted octanol–water partition coefficient (Wildman–Crippen LogP) is -6.79. The molecule has 5 rings (SSSR count). The van der Waals surface area contributed by atoms with E-state index in [4.69, 9.17) is 23.4 Å². The fraction of sp³-hybridized carbons (Fsp3) is 0.400. The number of ether oxygens (including phenoxy) is 1. The van der Waals surface area contributed by atoms with Gasteiger partial charge in [-0.3, -0.25) is 0 Å². The van der Waals surface area contributed by atoms with Gasteiger partial charge >= 0.3 is 72.6 Å². The van der Waals surface area contributed by atoms with Crippen molar-refractivity contribution in [1.82, 2.24) is 0 Å². The molecular formula is C20H24B2Na2O8. The summed E-state index contributed by atoms with van der Waals surface area (Å²) in [7, 11) is 0. The smallest absolute Gasteiger partial charge is 0.555 e. The first-order chi connectivity index (χ1) is 14.3. The fourth-order valence-corrected chi connectivity index (χ4v) is 4.48. The van der Waals surface area contributed by atoms with Crippen LogP contribution in [0.15, 0.2) is 48.5 Å². The Morgan fingerprint density at radius 2 is 1.38 bits per heavy atom. The van der Waals surface area contributed by atoms with Crippen LogP contribution in [-0.2, 0) is 23.4 Å². The Bertz CT molecular complexity index is 952. The van der Waals surface area contributed by atoms with Crippen molar-refractivity contribution in [3.63, 3.8) is 0 Å². The Kier molecular flexibility index (Phi) is 8.15. The summed E-state index contributed by atoms with van der Waals surface area (Å²) in [5.41, 5.74) is 2.96. The minimum atomic E-state index is -2.93. The summed E-state index contributed by atoms with van der Waals surface area (Å²) in [6.07, 6.45) is -2.46. The molecule has 3 heterocycles. The maximum atomic E-state index is 11.2. The number of hydrogen-bond acceptors (Lipinski definition) is 8. The molecule has 12 heteroatoms. The zero-order valence-corrected chi connectivity index (χ0v) is 22.8. The van der Waals surface area contributed by atoms with Crippen LogP contribution < -0.4 is 70.0 Å². The van der Waals surface area contributed by atoms with Crippen LogP contribution >= 0.6 is 0 Å². The molecule has 8 nitrogen and oxygen atoms in total. The van der Waals surface area contributed by atoms with Crippen LogP contribution in [-0.4, -0.2) is 66.0 Å². The summed E-state index contributed by atoms with van der Waals surface area (Å²) in [6, 6.07) is 14.2. The van der Waals surface area contributed by atoms with Crippen molar-refractivity contribution < 1.29 is 97.6 Å². The molecule has 3 aliphatic heterocycles. The average Bonchev–Trinajstić information content (AvgIpc) is 3.24. The van der Waals surface area contributed by atoms with Crippen LogP contribution in [0.4, 0.5) is 0 Å². The van der Waals surface area contributed by atoms with Gasteiger partial charge in [-0.1, -0.05) is 59.7 Å². The molecule has 0 aliphatic carbocycles. The minimum Gasteiger partial charge on any atom is -0.555 e. The molecule has 6 atom stereocenters. The predicted molar refractivity (Wildman–Crippen MR) is 109 cm³/mol. The first-order valence-corrected chi connectivity index (χ1v) is 10.1. The molecule has 0 aromatic heterocycles. The molecule has 160 valence electrons. The topological polar surface area (TPSA) is 107 Å². The molecule has 0 spiro atoms. The number of rotatable bonds is 3. The summed E-state index contributed by atoms with van der Waals surface area (Å²) in [5, 5.41) is 32.3. The largest absolute Gasteiger partial charge is 1.00 e. The van der Waals surface area contributed by atoms with Crippen molar-refractivity contribution in [3.8, 4) is 0 Å². The first kappa shape index (κ1) is 26.8. The average molecular weight is 460 g/mol. The van der Waals surface area contributed by atoms with E-state index in [0.717, 1.165) is 11.1 Å². The summed E-state index contributed by atoms with van der Waals surface area (Å²) in [4.78, 5) is 0. The van der Waals surface area contributed by atoms with Gasteiger partial charge in [-0.15, -0.1) is 10.9 Å². The van der Waals surface area contributed by atoms with Gasteiger partial charge in [-0.25, -0.2) is 0 Å². The molecular weight excluding hydrogens is 436 g/mol. The van der Waals surface area contributed by atoms with E-state index >= 15 is 0 Å². The molecule has 32 heavy (non-hydrogen) atoms. The van der Waals surface area contributed by atoms with Gasteiger partial charge in [0.15, 0.2) is 5.79 Å². The van der Waals surface area contributed by atoms with Gasteiger partial charge in [0.05, 0.1) is 31.5 Å². The molecule has 0 bridgehead atoms. The Hall–Kier alpha value is 0.250. The number of aliphatic hydroxyl groups is 1. The molecule has 2 aromatic carbocycles. The summed E-state index contributed by atoms with van der Waals surface area (Å²) in [6.45, 7) is -2.39. The number of aryl methyl sites for hydroxylation is 2. The summed E-state index contributed by atoms with van der Waals surface area (Å²) in [5.74, 6) is -1.63. The second kappa shape index (κ2) is 9.72.